The van der Waals surface area contributed by atoms with Crippen LogP contribution in [0, 0.1) is 0 Å². The van der Waals surface area contributed by atoms with Gasteiger partial charge >= 0.3 is 6.03 Å². The number of amides is 2. The number of para-hydroxylation sites is 1. The van der Waals surface area contributed by atoms with E-state index in [9.17, 15) is 4.79 Å². The molecule has 1 aliphatic rings. The summed E-state index contributed by atoms with van der Waals surface area (Å²) in [5.41, 5.74) is 1.59. The van der Waals surface area contributed by atoms with Gasteiger partial charge in [-0.2, -0.15) is 0 Å². The van der Waals surface area contributed by atoms with Gasteiger partial charge in [-0.25, -0.2) is 4.79 Å². The number of hydrogen-bond donors (Lipinski definition) is 1. The van der Waals surface area contributed by atoms with Crippen molar-refractivity contribution in [2.45, 2.75) is 5.37 Å². The summed E-state index contributed by atoms with van der Waals surface area (Å²) >= 11 is 7.68. The molecule has 3 rings (SSSR count). The van der Waals surface area contributed by atoms with E-state index in [0.29, 0.717) is 28.8 Å². The van der Waals surface area contributed by atoms with Gasteiger partial charge in [0, 0.05) is 28.6 Å². The predicted molar refractivity (Wildman–Crippen MR) is 102 cm³/mol. The zero-order valence-electron chi connectivity index (χ0n) is 14.0. The van der Waals surface area contributed by atoms with Gasteiger partial charge in [0.25, 0.3) is 0 Å². The smallest absolute Gasteiger partial charge is 0.323 e. The summed E-state index contributed by atoms with van der Waals surface area (Å²) < 4.78 is 10.9. The molecule has 0 spiro atoms. The molecule has 1 aliphatic heterocycles. The lowest BCUT2D eigenvalue weighted by Crippen LogP contribution is -2.34. The highest BCUT2D eigenvalue weighted by molar-refractivity contribution is 7.99. The maximum atomic E-state index is 12.8. The van der Waals surface area contributed by atoms with Crippen molar-refractivity contribution in [1.82, 2.24) is 4.90 Å². The van der Waals surface area contributed by atoms with Crippen LogP contribution >= 0.6 is 23.4 Å². The first-order chi connectivity index (χ1) is 12.1. The molecule has 2 aromatic carbocycles. The number of urea groups is 1. The zero-order valence-corrected chi connectivity index (χ0v) is 15.6. The predicted octanol–water partition coefficient (Wildman–Crippen LogP) is 4.64. The summed E-state index contributed by atoms with van der Waals surface area (Å²) in [4.78, 5) is 14.5. The molecule has 0 radical (unpaired) electrons. The summed E-state index contributed by atoms with van der Waals surface area (Å²) in [6, 6.07) is 12.7. The van der Waals surface area contributed by atoms with E-state index in [1.54, 1.807) is 49.1 Å². The molecule has 0 aliphatic carbocycles. The van der Waals surface area contributed by atoms with Crippen molar-refractivity contribution < 1.29 is 14.3 Å². The first-order valence-corrected chi connectivity index (χ1v) is 9.22. The lowest BCUT2D eigenvalue weighted by atomic mass is 10.1. The van der Waals surface area contributed by atoms with Crippen LogP contribution in [-0.4, -0.2) is 37.4 Å². The van der Waals surface area contributed by atoms with Crippen LogP contribution in [0.3, 0.4) is 0 Å². The Morgan fingerprint density at radius 3 is 2.76 bits per heavy atom. The maximum Gasteiger partial charge on any atom is 0.323 e. The van der Waals surface area contributed by atoms with Crippen LogP contribution in [0.25, 0.3) is 0 Å². The third kappa shape index (κ3) is 3.80. The molecule has 5 nitrogen and oxygen atoms in total. The number of thioether (sulfide) groups is 1. The van der Waals surface area contributed by atoms with E-state index in [1.807, 2.05) is 24.3 Å². The second-order valence-electron chi connectivity index (χ2n) is 5.44. The zero-order chi connectivity index (χ0) is 17.8. The van der Waals surface area contributed by atoms with Crippen molar-refractivity contribution >= 4 is 35.1 Å². The van der Waals surface area contributed by atoms with Crippen LogP contribution in [0.15, 0.2) is 42.5 Å². The monoisotopic (exact) mass is 378 g/mol. The molecule has 0 bridgehead atoms. The Bertz CT molecular complexity index is 772. The van der Waals surface area contributed by atoms with Crippen molar-refractivity contribution in [3.8, 4) is 11.5 Å². The van der Waals surface area contributed by atoms with Crippen molar-refractivity contribution in [2.24, 2.45) is 0 Å². The first kappa shape index (κ1) is 17.8. The van der Waals surface area contributed by atoms with E-state index in [-0.39, 0.29) is 11.4 Å². The molecule has 25 heavy (non-hydrogen) atoms. The number of halogens is 1. The topological polar surface area (TPSA) is 50.8 Å². The maximum absolute atomic E-state index is 12.8. The van der Waals surface area contributed by atoms with E-state index < -0.39 is 0 Å². The Labute approximate surface area is 156 Å². The fraction of sp³-hybridized carbons (Fsp3) is 0.278. The van der Waals surface area contributed by atoms with E-state index >= 15 is 0 Å². The molecule has 2 aromatic rings. The van der Waals surface area contributed by atoms with Gasteiger partial charge in [0.1, 0.15) is 5.37 Å². The average Bonchev–Trinajstić information content (AvgIpc) is 3.10. The number of benzene rings is 2. The molecule has 0 aromatic heterocycles. The van der Waals surface area contributed by atoms with Crippen molar-refractivity contribution in [1.29, 1.82) is 0 Å². The van der Waals surface area contributed by atoms with Crippen LogP contribution in [-0.2, 0) is 0 Å². The molecular weight excluding hydrogens is 360 g/mol. The number of nitrogens with one attached hydrogen (secondary N) is 1. The number of methoxy groups -OCH3 is 2. The lowest BCUT2D eigenvalue weighted by Gasteiger charge is -2.26. The molecule has 1 saturated heterocycles. The lowest BCUT2D eigenvalue weighted by molar-refractivity contribution is 0.213. The molecule has 1 atom stereocenters. The second-order valence-corrected chi connectivity index (χ2v) is 7.06. The van der Waals surface area contributed by atoms with Crippen molar-refractivity contribution in [3.05, 3.63) is 53.1 Å². The quantitative estimate of drug-likeness (QED) is 0.842. The molecule has 0 saturated carbocycles. The highest BCUT2D eigenvalue weighted by atomic mass is 35.5. The Morgan fingerprint density at radius 1 is 1.24 bits per heavy atom. The molecule has 0 unspecified atom stereocenters. The standard InChI is InChI=1S/C18H19ClN2O3S/c1-23-15-8-4-7-14(16(15)24-2)17-21(9-10-25-17)18(22)20-13-6-3-5-12(19)11-13/h3-8,11,17H,9-10H2,1-2H3,(H,20,22)/t17-/m1/s1. The van der Waals surface area contributed by atoms with E-state index in [0.717, 1.165) is 11.3 Å². The Morgan fingerprint density at radius 2 is 2.04 bits per heavy atom. The number of hydrogen-bond acceptors (Lipinski definition) is 4. The third-order valence-corrected chi connectivity index (χ3v) is 5.40. The third-order valence-electron chi connectivity index (χ3n) is 3.93. The van der Waals surface area contributed by atoms with Crippen LogP contribution in [0.2, 0.25) is 5.02 Å². The number of nitrogens with zero attached hydrogens (tertiary/aromatic N) is 1. The number of carbonyl (C=O) groups is 1. The Balaban J connectivity index is 1.84. The Kier molecular flexibility index (Phi) is 5.60. The minimum Gasteiger partial charge on any atom is -0.493 e. The summed E-state index contributed by atoms with van der Waals surface area (Å²) in [7, 11) is 3.21. The van der Waals surface area contributed by atoms with Gasteiger partial charge < -0.3 is 19.7 Å². The second kappa shape index (κ2) is 7.89. The average molecular weight is 379 g/mol. The van der Waals surface area contributed by atoms with E-state index in [1.165, 1.54) is 0 Å². The van der Waals surface area contributed by atoms with Crippen LogP contribution in [0.5, 0.6) is 11.5 Å². The van der Waals surface area contributed by atoms with Gasteiger partial charge in [0.2, 0.25) is 0 Å². The van der Waals surface area contributed by atoms with Gasteiger partial charge in [0.05, 0.1) is 14.2 Å². The molecule has 1 heterocycles. The molecule has 1 fully saturated rings. The molecule has 2 amide bonds. The van der Waals surface area contributed by atoms with Gasteiger partial charge in [-0.3, -0.25) is 0 Å². The van der Waals surface area contributed by atoms with Crippen molar-refractivity contribution in [2.75, 3.05) is 31.8 Å². The number of carbonyl (C=O) groups excluding carboxylic acids is 1. The van der Waals surface area contributed by atoms with Crippen LogP contribution in [0.1, 0.15) is 10.9 Å². The van der Waals surface area contributed by atoms with Gasteiger partial charge in [-0.15, -0.1) is 11.8 Å². The summed E-state index contributed by atoms with van der Waals surface area (Å²) in [6.45, 7) is 0.655. The minimum absolute atomic E-state index is 0.135. The minimum atomic E-state index is -0.165. The van der Waals surface area contributed by atoms with Crippen LogP contribution in [0.4, 0.5) is 10.5 Å². The van der Waals surface area contributed by atoms with E-state index in [2.05, 4.69) is 5.32 Å². The highest BCUT2D eigenvalue weighted by Crippen LogP contribution is 2.45. The molecular formula is C18H19ClN2O3S. The largest absolute Gasteiger partial charge is 0.493 e. The molecule has 1 N–H and O–H groups in total. The summed E-state index contributed by atoms with van der Waals surface area (Å²) in [5.74, 6) is 2.17. The van der Waals surface area contributed by atoms with Gasteiger partial charge in [-0.1, -0.05) is 29.8 Å². The first-order valence-electron chi connectivity index (χ1n) is 7.79. The van der Waals surface area contributed by atoms with Gasteiger partial charge in [-0.05, 0) is 24.3 Å². The van der Waals surface area contributed by atoms with Crippen molar-refractivity contribution in [3.63, 3.8) is 0 Å². The number of anilines is 1. The van der Waals surface area contributed by atoms with Gasteiger partial charge in [0.15, 0.2) is 11.5 Å². The number of ether oxygens (including phenoxy) is 2. The number of rotatable bonds is 4. The van der Waals surface area contributed by atoms with Crippen LogP contribution < -0.4 is 14.8 Å². The fourth-order valence-electron chi connectivity index (χ4n) is 2.80. The fourth-order valence-corrected chi connectivity index (χ4v) is 4.27. The highest BCUT2D eigenvalue weighted by Gasteiger charge is 2.33. The molecule has 132 valence electrons. The molecule has 7 heteroatoms. The summed E-state index contributed by atoms with van der Waals surface area (Å²) in [5, 5.41) is 3.36. The summed E-state index contributed by atoms with van der Waals surface area (Å²) in [6.07, 6.45) is 0. The normalized spacial score (nSPS) is 16.6. The SMILES string of the molecule is COc1cccc([C@H]2SCCN2C(=O)Nc2cccc(Cl)c2)c1OC. The Hall–Kier alpha value is -2.05. The van der Waals surface area contributed by atoms with E-state index in [4.69, 9.17) is 21.1 Å².